The molecule has 1 aliphatic heterocycles. The van der Waals surface area contributed by atoms with Crippen molar-refractivity contribution in [3.63, 3.8) is 0 Å². The van der Waals surface area contributed by atoms with Gasteiger partial charge in [-0.2, -0.15) is 5.10 Å². The van der Waals surface area contributed by atoms with Crippen molar-refractivity contribution in [2.45, 2.75) is 18.9 Å². The number of aromatic nitrogens is 3. The number of hydrogen-bond acceptors (Lipinski definition) is 4. The molecule has 0 aliphatic carbocycles. The number of nitrogens with zero attached hydrogens (tertiary/aromatic N) is 3. The van der Waals surface area contributed by atoms with Crippen LogP contribution in [-0.4, -0.2) is 50.3 Å². The minimum absolute atomic E-state index is 0.0138. The Labute approximate surface area is 80.9 Å². The number of carbonyl (C=O) groups excluding carboxylic acids is 1. The SMILES string of the molecule is O=C(c1ncn[nH]1)N1CCC[C@@H]1CO. The molecule has 1 aromatic heterocycles. The van der Waals surface area contributed by atoms with Crippen molar-refractivity contribution < 1.29 is 9.90 Å². The topological polar surface area (TPSA) is 82.1 Å². The van der Waals surface area contributed by atoms with Crippen LogP contribution in [0.5, 0.6) is 0 Å². The van der Waals surface area contributed by atoms with E-state index in [4.69, 9.17) is 5.11 Å². The Bertz CT molecular complexity index is 311. The van der Waals surface area contributed by atoms with Gasteiger partial charge in [-0.3, -0.25) is 9.89 Å². The van der Waals surface area contributed by atoms with Crippen LogP contribution in [-0.2, 0) is 0 Å². The molecular weight excluding hydrogens is 184 g/mol. The minimum atomic E-state index is -0.181. The summed E-state index contributed by atoms with van der Waals surface area (Å²) in [5.74, 6) is 0.0596. The van der Waals surface area contributed by atoms with Gasteiger partial charge < -0.3 is 10.0 Å². The molecule has 1 saturated heterocycles. The first-order chi connectivity index (χ1) is 6.83. The fourth-order valence-electron chi connectivity index (χ4n) is 1.74. The molecule has 0 bridgehead atoms. The van der Waals surface area contributed by atoms with Crippen LogP contribution in [0.1, 0.15) is 23.5 Å². The van der Waals surface area contributed by atoms with Gasteiger partial charge in [-0.15, -0.1) is 0 Å². The van der Waals surface area contributed by atoms with Crippen molar-refractivity contribution in [3.05, 3.63) is 12.2 Å². The molecule has 1 amide bonds. The number of likely N-dealkylation sites (tertiary alicyclic amines) is 1. The maximum absolute atomic E-state index is 11.8. The van der Waals surface area contributed by atoms with Crippen molar-refractivity contribution in [1.29, 1.82) is 0 Å². The number of H-pyrrole nitrogens is 1. The summed E-state index contributed by atoms with van der Waals surface area (Å²) in [6, 6.07) is -0.0624. The van der Waals surface area contributed by atoms with Gasteiger partial charge in [-0.25, -0.2) is 4.98 Å². The Morgan fingerprint density at radius 2 is 2.64 bits per heavy atom. The molecule has 1 aromatic rings. The summed E-state index contributed by atoms with van der Waals surface area (Å²) >= 11 is 0. The van der Waals surface area contributed by atoms with Crippen LogP contribution >= 0.6 is 0 Å². The average molecular weight is 196 g/mol. The zero-order chi connectivity index (χ0) is 9.97. The smallest absolute Gasteiger partial charge is 0.291 e. The first-order valence-electron chi connectivity index (χ1n) is 4.60. The number of hydrogen-bond donors (Lipinski definition) is 2. The van der Waals surface area contributed by atoms with Gasteiger partial charge in [-0.05, 0) is 12.8 Å². The van der Waals surface area contributed by atoms with Gasteiger partial charge in [-0.1, -0.05) is 0 Å². The molecule has 0 unspecified atom stereocenters. The third kappa shape index (κ3) is 1.48. The van der Waals surface area contributed by atoms with Crippen LogP contribution in [0.4, 0.5) is 0 Å². The molecule has 1 atom stereocenters. The van der Waals surface area contributed by atoms with E-state index in [1.165, 1.54) is 6.33 Å². The van der Waals surface area contributed by atoms with Gasteiger partial charge in [0, 0.05) is 6.54 Å². The molecule has 0 saturated carbocycles. The fourth-order valence-corrected chi connectivity index (χ4v) is 1.74. The monoisotopic (exact) mass is 196 g/mol. The summed E-state index contributed by atoms with van der Waals surface area (Å²) in [7, 11) is 0. The van der Waals surface area contributed by atoms with Crippen LogP contribution < -0.4 is 0 Å². The highest BCUT2D eigenvalue weighted by atomic mass is 16.3. The first kappa shape index (κ1) is 9.14. The van der Waals surface area contributed by atoms with Gasteiger partial charge in [0.25, 0.3) is 5.91 Å². The lowest BCUT2D eigenvalue weighted by Gasteiger charge is -2.21. The van der Waals surface area contributed by atoms with Gasteiger partial charge in [0.05, 0.1) is 12.6 Å². The largest absolute Gasteiger partial charge is 0.394 e. The zero-order valence-corrected chi connectivity index (χ0v) is 7.68. The molecule has 2 N–H and O–H groups in total. The van der Waals surface area contributed by atoms with Crippen molar-refractivity contribution in [2.75, 3.05) is 13.2 Å². The zero-order valence-electron chi connectivity index (χ0n) is 7.68. The summed E-state index contributed by atoms with van der Waals surface area (Å²) in [4.78, 5) is 17.2. The summed E-state index contributed by atoms with van der Waals surface area (Å²) < 4.78 is 0. The average Bonchev–Trinajstić information content (AvgIpc) is 2.87. The van der Waals surface area contributed by atoms with E-state index < -0.39 is 0 Å². The van der Waals surface area contributed by atoms with E-state index in [0.717, 1.165) is 12.8 Å². The number of amides is 1. The van der Waals surface area contributed by atoms with E-state index in [9.17, 15) is 4.79 Å². The Kier molecular flexibility index (Phi) is 2.45. The molecule has 1 aliphatic rings. The number of aliphatic hydroxyl groups excluding tert-OH is 1. The molecule has 76 valence electrons. The van der Waals surface area contributed by atoms with Crippen LogP contribution in [0.15, 0.2) is 6.33 Å². The van der Waals surface area contributed by atoms with E-state index in [2.05, 4.69) is 15.2 Å². The van der Waals surface area contributed by atoms with Gasteiger partial charge in [0.1, 0.15) is 6.33 Å². The van der Waals surface area contributed by atoms with Crippen molar-refractivity contribution >= 4 is 5.91 Å². The highest BCUT2D eigenvalue weighted by molar-refractivity contribution is 5.90. The number of aliphatic hydroxyl groups is 1. The number of rotatable bonds is 2. The highest BCUT2D eigenvalue weighted by Gasteiger charge is 2.29. The Hall–Kier alpha value is -1.43. The van der Waals surface area contributed by atoms with Crippen LogP contribution in [0, 0.1) is 0 Å². The predicted octanol–water partition coefficient (Wildman–Crippen LogP) is -0.598. The highest BCUT2D eigenvalue weighted by Crippen LogP contribution is 2.17. The Balaban J connectivity index is 2.11. The third-order valence-corrected chi connectivity index (χ3v) is 2.47. The number of nitrogens with one attached hydrogen (secondary N) is 1. The molecule has 1 fully saturated rings. The van der Waals surface area contributed by atoms with Gasteiger partial charge in [0.2, 0.25) is 5.82 Å². The van der Waals surface area contributed by atoms with Crippen molar-refractivity contribution in [2.24, 2.45) is 0 Å². The Morgan fingerprint density at radius 3 is 3.29 bits per heavy atom. The lowest BCUT2D eigenvalue weighted by molar-refractivity contribution is 0.0666. The second kappa shape index (κ2) is 3.75. The molecule has 2 heterocycles. The maximum atomic E-state index is 11.8. The van der Waals surface area contributed by atoms with Crippen LogP contribution in [0.2, 0.25) is 0 Å². The molecule has 0 radical (unpaired) electrons. The number of carbonyl (C=O) groups is 1. The van der Waals surface area contributed by atoms with Gasteiger partial charge in [0.15, 0.2) is 0 Å². The first-order valence-corrected chi connectivity index (χ1v) is 4.60. The minimum Gasteiger partial charge on any atom is -0.394 e. The summed E-state index contributed by atoms with van der Waals surface area (Å²) in [5, 5.41) is 15.2. The van der Waals surface area contributed by atoms with Gasteiger partial charge >= 0.3 is 0 Å². The van der Waals surface area contributed by atoms with Crippen molar-refractivity contribution in [3.8, 4) is 0 Å². The fraction of sp³-hybridized carbons (Fsp3) is 0.625. The van der Waals surface area contributed by atoms with Crippen molar-refractivity contribution in [1.82, 2.24) is 20.1 Å². The van der Waals surface area contributed by atoms with E-state index >= 15 is 0 Å². The molecule has 0 aromatic carbocycles. The Morgan fingerprint density at radius 1 is 1.79 bits per heavy atom. The summed E-state index contributed by atoms with van der Waals surface area (Å²) in [6.45, 7) is 0.699. The molecule has 6 heteroatoms. The lowest BCUT2D eigenvalue weighted by atomic mass is 10.2. The second-order valence-corrected chi connectivity index (χ2v) is 3.31. The van der Waals surface area contributed by atoms with Crippen LogP contribution in [0.25, 0.3) is 0 Å². The standard InChI is InChI=1S/C8H12N4O2/c13-4-6-2-1-3-12(6)8(14)7-9-5-10-11-7/h5-6,13H,1-4H2,(H,9,10,11)/t6-/m1/s1. The lowest BCUT2D eigenvalue weighted by Crippen LogP contribution is -2.38. The van der Waals surface area contributed by atoms with E-state index in [0.29, 0.717) is 6.54 Å². The predicted molar refractivity (Wildman–Crippen MR) is 47.5 cm³/mol. The number of aromatic amines is 1. The molecule has 14 heavy (non-hydrogen) atoms. The molecular formula is C8H12N4O2. The molecule has 0 spiro atoms. The quantitative estimate of drug-likeness (QED) is 0.661. The van der Waals surface area contributed by atoms with E-state index in [-0.39, 0.29) is 24.4 Å². The van der Waals surface area contributed by atoms with E-state index in [1.54, 1.807) is 4.90 Å². The van der Waals surface area contributed by atoms with E-state index in [1.807, 2.05) is 0 Å². The normalized spacial score (nSPS) is 21.5. The maximum Gasteiger partial charge on any atom is 0.291 e. The summed E-state index contributed by atoms with van der Waals surface area (Å²) in [6.07, 6.45) is 3.10. The van der Waals surface area contributed by atoms with Crippen LogP contribution in [0.3, 0.4) is 0 Å². The third-order valence-electron chi connectivity index (χ3n) is 2.47. The molecule has 2 rings (SSSR count). The second-order valence-electron chi connectivity index (χ2n) is 3.31. The summed E-state index contributed by atoms with van der Waals surface area (Å²) in [5.41, 5.74) is 0. The molecule has 6 nitrogen and oxygen atoms in total.